The van der Waals surface area contributed by atoms with Crippen LogP contribution in [0.25, 0.3) is 0 Å². The van der Waals surface area contributed by atoms with Gasteiger partial charge in [0.05, 0.1) is 12.2 Å². The molecule has 104 valence electrons. The van der Waals surface area contributed by atoms with E-state index < -0.39 is 11.6 Å². The minimum absolute atomic E-state index is 0.0832. The molecule has 2 fully saturated rings. The van der Waals surface area contributed by atoms with E-state index in [1.165, 1.54) is 0 Å². The van der Waals surface area contributed by atoms with Crippen molar-refractivity contribution in [1.82, 2.24) is 4.90 Å². The van der Waals surface area contributed by atoms with Crippen molar-refractivity contribution < 1.29 is 14.6 Å². The Balaban J connectivity index is 2.18. The van der Waals surface area contributed by atoms with Crippen LogP contribution in [-0.2, 0) is 9.53 Å². The van der Waals surface area contributed by atoms with Crippen molar-refractivity contribution in [1.29, 1.82) is 0 Å². The van der Waals surface area contributed by atoms with E-state index in [-0.39, 0.29) is 23.3 Å². The molecule has 4 atom stereocenters. The molecule has 0 aromatic carbocycles. The number of amides is 1. The summed E-state index contributed by atoms with van der Waals surface area (Å²) in [6.07, 6.45) is 0.395. The van der Waals surface area contributed by atoms with Crippen LogP contribution >= 0.6 is 0 Å². The van der Waals surface area contributed by atoms with Gasteiger partial charge in [-0.15, -0.1) is 0 Å². The van der Waals surface area contributed by atoms with E-state index in [1.54, 1.807) is 18.9 Å². The third-order valence-corrected chi connectivity index (χ3v) is 4.69. The first kappa shape index (κ1) is 13.8. The molecule has 2 aliphatic rings. The average Bonchev–Trinajstić information content (AvgIpc) is 2.73. The highest BCUT2D eigenvalue weighted by molar-refractivity contribution is 5.89. The number of carbonyl (C=O) groups excluding carboxylic acids is 1. The Morgan fingerprint density at radius 1 is 1.61 bits per heavy atom. The zero-order valence-electron chi connectivity index (χ0n) is 11.6. The van der Waals surface area contributed by atoms with Gasteiger partial charge < -0.3 is 20.5 Å². The fourth-order valence-electron chi connectivity index (χ4n) is 3.61. The molecule has 1 amide bonds. The molecule has 4 unspecified atom stereocenters. The van der Waals surface area contributed by atoms with Crippen LogP contribution in [0.4, 0.5) is 0 Å². The smallest absolute Gasteiger partial charge is 0.243 e. The highest BCUT2D eigenvalue weighted by Crippen LogP contribution is 2.58. The van der Waals surface area contributed by atoms with Gasteiger partial charge in [0.1, 0.15) is 5.54 Å². The van der Waals surface area contributed by atoms with Crippen LogP contribution in [0.15, 0.2) is 0 Å². The molecular formula is C13H24N2O3. The zero-order chi connectivity index (χ0) is 13.7. The van der Waals surface area contributed by atoms with Gasteiger partial charge in [0.15, 0.2) is 0 Å². The lowest BCUT2D eigenvalue weighted by Crippen LogP contribution is -2.80. The molecule has 1 aliphatic heterocycles. The van der Waals surface area contributed by atoms with Gasteiger partial charge in [0.25, 0.3) is 0 Å². The standard InChI is InChI=1S/C13H24N2O3/c1-8(16)7-15(4)11(17)13(14)9-5-6-18-10(9)12(13,2)3/h8-10,16H,5-7,14H2,1-4H3. The van der Waals surface area contributed by atoms with Crippen molar-refractivity contribution in [2.24, 2.45) is 17.1 Å². The van der Waals surface area contributed by atoms with Gasteiger partial charge in [0.2, 0.25) is 5.91 Å². The number of likely N-dealkylation sites (N-methyl/N-ethyl adjacent to an activating group) is 1. The first-order valence-corrected chi connectivity index (χ1v) is 6.57. The van der Waals surface area contributed by atoms with Crippen molar-refractivity contribution in [3.05, 3.63) is 0 Å². The number of nitrogens with zero attached hydrogens (tertiary/aromatic N) is 1. The first-order chi connectivity index (χ1) is 8.23. The third-order valence-electron chi connectivity index (χ3n) is 4.69. The van der Waals surface area contributed by atoms with Crippen LogP contribution in [0.3, 0.4) is 0 Å². The lowest BCUT2D eigenvalue weighted by Gasteiger charge is -2.61. The maximum absolute atomic E-state index is 12.6. The minimum atomic E-state index is -0.863. The normalized spacial score (nSPS) is 38.8. The summed E-state index contributed by atoms with van der Waals surface area (Å²) in [4.78, 5) is 14.1. The van der Waals surface area contributed by atoms with Crippen molar-refractivity contribution in [2.75, 3.05) is 20.2 Å². The van der Waals surface area contributed by atoms with Crippen LogP contribution in [0.1, 0.15) is 27.2 Å². The van der Waals surface area contributed by atoms with E-state index in [0.29, 0.717) is 13.2 Å². The Morgan fingerprint density at radius 3 is 2.78 bits per heavy atom. The van der Waals surface area contributed by atoms with Crippen LogP contribution in [0.5, 0.6) is 0 Å². The van der Waals surface area contributed by atoms with Crippen LogP contribution in [0.2, 0.25) is 0 Å². The lowest BCUT2D eigenvalue weighted by molar-refractivity contribution is -0.184. The molecule has 1 aliphatic carbocycles. The number of hydrogen-bond donors (Lipinski definition) is 2. The summed E-state index contributed by atoms with van der Waals surface area (Å²) >= 11 is 0. The Labute approximate surface area is 108 Å². The number of hydrogen-bond acceptors (Lipinski definition) is 4. The number of rotatable bonds is 3. The molecule has 18 heavy (non-hydrogen) atoms. The Morgan fingerprint density at radius 2 is 2.22 bits per heavy atom. The van der Waals surface area contributed by atoms with Gasteiger partial charge in [-0.05, 0) is 13.3 Å². The summed E-state index contributed by atoms with van der Waals surface area (Å²) in [5.74, 6) is 0.0246. The van der Waals surface area contributed by atoms with Gasteiger partial charge in [-0.25, -0.2) is 0 Å². The summed E-state index contributed by atoms with van der Waals surface area (Å²) in [6, 6.07) is 0. The zero-order valence-corrected chi connectivity index (χ0v) is 11.6. The van der Waals surface area contributed by atoms with Crippen molar-refractivity contribution in [3.8, 4) is 0 Å². The molecule has 5 heteroatoms. The number of aliphatic hydroxyl groups is 1. The largest absolute Gasteiger partial charge is 0.392 e. The molecule has 5 nitrogen and oxygen atoms in total. The number of ether oxygens (including phenoxy) is 1. The first-order valence-electron chi connectivity index (χ1n) is 6.57. The fraction of sp³-hybridized carbons (Fsp3) is 0.923. The van der Waals surface area contributed by atoms with E-state index >= 15 is 0 Å². The summed E-state index contributed by atoms with van der Waals surface area (Å²) in [5, 5.41) is 9.39. The Hall–Kier alpha value is -0.650. The van der Waals surface area contributed by atoms with Crippen LogP contribution < -0.4 is 5.73 Å². The van der Waals surface area contributed by atoms with Gasteiger partial charge in [-0.2, -0.15) is 0 Å². The highest BCUT2D eigenvalue weighted by atomic mass is 16.5. The van der Waals surface area contributed by atoms with Crippen LogP contribution in [0, 0.1) is 11.3 Å². The van der Waals surface area contributed by atoms with Crippen molar-refractivity contribution >= 4 is 5.91 Å². The average molecular weight is 256 g/mol. The minimum Gasteiger partial charge on any atom is -0.392 e. The van der Waals surface area contributed by atoms with E-state index in [4.69, 9.17) is 10.5 Å². The van der Waals surface area contributed by atoms with E-state index in [2.05, 4.69) is 0 Å². The molecule has 1 saturated heterocycles. The molecule has 0 radical (unpaired) electrons. The van der Waals surface area contributed by atoms with Crippen molar-refractivity contribution in [3.63, 3.8) is 0 Å². The molecule has 3 N–H and O–H groups in total. The molecule has 0 aromatic rings. The molecule has 1 saturated carbocycles. The second kappa shape index (κ2) is 4.18. The van der Waals surface area contributed by atoms with Gasteiger partial charge >= 0.3 is 0 Å². The maximum Gasteiger partial charge on any atom is 0.243 e. The monoisotopic (exact) mass is 256 g/mol. The number of aliphatic hydroxyl groups excluding tert-OH is 1. The second-order valence-corrected chi connectivity index (χ2v) is 6.31. The van der Waals surface area contributed by atoms with Gasteiger partial charge in [-0.1, -0.05) is 13.8 Å². The summed E-state index contributed by atoms with van der Waals surface area (Å²) < 4.78 is 5.67. The van der Waals surface area contributed by atoms with Gasteiger partial charge in [0, 0.05) is 31.5 Å². The number of carbonyl (C=O) groups is 1. The second-order valence-electron chi connectivity index (χ2n) is 6.31. The van der Waals surface area contributed by atoms with Crippen LogP contribution in [-0.4, -0.2) is 53.9 Å². The molecular weight excluding hydrogens is 232 g/mol. The lowest BCUT2D eigenvalue weighted by atomic mass is 9.47. The predicted octanol–water partition coefficient (Wildman–Crippen LogP) is -0.0320. The summed E-state index contributed by atoms with van der Waals surface area (Å²) in [5.41, 5.74) is 5.22. The highest BCUT2D eigenvalue weighted by Gasteiger charge is 2.71. The van der Waals surface area contributed by atoms with Crippen molar-refractivity contribution in [2.45, 2.75) is 44.9 Å². The predicted molar refractivity (Wildman–Crippen MR) is 67.9 cm³/mol. The number of fused-ring (bicyclic) bond motifs is 1. The Kier molecular flexibility index (Phi) is 3.20. The third kappa shape index (κ3) is 1.61. The molecule has 2 rings (SSSR count). The molecule has 0 spiro atoms. The molecule has 0 bridgehead atoms. The van der Waals surface area contributed by atoms with E-state index in [9.17, 15) is 9.90 Å². The van der Waals surface area contributed by atoms with E-state index in [1.807, 2.05) is 13.8 Å². The quantitative estimate of drug-likeness (QED) is 0.743. The molecule has 0 aromatic heterocycles. The topological polar surface area (TPSA) is 75.8 Å². The fourth-order valence-corrected chi connectivity index (χ4v) is 3.61. The van der Waals surface area contributed by atoms with Gasteiger partial charge in [-0.3, -0.25) is 4.79 Å². The Bertz CT molecular complexity index is 356. The SMILES string of the molecule is CC(O)CN(C)C(=O)C1(N)C2CCOC2C1(C)C. The van der Waals surface area contributed by atoms with E-state index in [0.717, 1.165) is 6.42 Å². The summed E-state index contributed by atoms with van der Waals surface area (Å²) in [6.45, 7) is 6.65. The molecule has 1 heterocycles. The summed E-state index contributed by atoms with van der Waals surface area (Å²) in [7, 11) is 1.70. The number of nitrogens with two attached hydrogens (primary N) is 1. The maximum atomic E-state index is 12.6.